The first kappa shape index (κ1) is 11.5. The Morgan fingerprint density at radius 1 is 1.24 bits per heavy atom. The molecule has 17 heavy (non-hydrogen) atoms. The highest BCUT2D eigenvalue weighted by Gasteiger charge is 2.04. The minimum Gasteiger partial charge on any atom is -0.389 e. The number of anilines is 2. The van der Waals surface area contributed by atoms with E-state index in [9.17, 15) is 4.39 Å². The molecule has 1 heterocycles. The van der Waals surface area contributed by atoms with E-state index in [2.05, 4.69) is 10.3 Å². The molecule has 3 N–H and O–H groups in total. The lowest BCUT2D eigenvalue weighted by Crippen LogP contribution is -2.12. The minimum atomic E-state index is -0.281. The van der Waals surface area contributed by atoms with Crippen molar-refractivity contribution in [3.05, 3.63) is 54.1 Å². The number of nitrogens with two attached hydrogens (primary N) is 1. The summed E-state index contributed by atoms with van der Waals surface area (Å²) in [5.41, 5.74) is 7.75. The lowest BCUT2D eigenvalue weighted by atomic mass is 10.2. The predicted molar refractivity (Wildman–Crippen MR) is 69.8 cm³/mol. The number of benzene rings is 1. The lowest BCUT2D eigenvalue weighted by Gasteiger charge is -2.10. The second-order valence-corrected chi connectivity index (χ2v) is 3.86. The number of hydrogen-bond donors (Lipinski definition) is 2. The highest BCUT2D eigenvalue weighted by Crippen LogP contribution is 2.19. The van der Waals surface area contributed by atoms with E-state index in [4.69, 9.17) is 18.0 Å². The van der Waals surface area contributed by atoms with Crippen LogP contribution in [0.5, 0.6) is 0 Å². The number of nitrogens with zero attached hydrogens (tertiary/aromatic N) is 1. The van der Waals surface area contributed by atoms with E-state index in [1.165, 1.54) is 12.1 Å². The Morgan fingerprint density at radius 2 is 1.94 bits per heavy atom. The largest absolute Gasteiger partial charge is 0.389 e. The molecule has 1 aromatic heterocycles. The summed E-state index contributed by atoms with van der Waals surface area (Å²) in [6, 6.07) is 7.74. The molecule has 0 aliphatic heterocycles. The quantitative estimate of drug-likeness (QED) is 0.819. The molecule has 0 atom stereocenters. The van der Waals surface area contributed by atoms with Gasteiger partial charge in [0.25, 0.3) is 0 Å². The fraction of sp³-hybridized carbons (Fsp3) is 0. The third kappa shape index (κ3) is 2.76. The summed E-state index contributed by atoms with van der Waals surface area (Å²) in [5, 5.41) is 3.08. The molecule has 0 amide bonds. The van der Waals surface area contributed by atoms with Gasteiger partial charge in [-0.05, 0) is 30.3 Å². The maximum Gasteiger partial charge on any atom is 0.123 e. The van der Waals surface area contributed by atoms with Crippen LogP contribution >= 0.6 is 12.2 Å². The summed E-state index contributed by atoms with van der Waals surface area (Å²) in [4.78, 5) is 4.28. The number of pyridine rings is 1. The Morgan fingerprint density at radius 3 is 2.59 bits per heavy atom. The van der Waals surface area contributed by atoms with Crippen LogP contribution in [-0.2, 0) is 0 Å². The number of hydrogen-bond acceptors (Lipinski definition) is 3. The molecule has 0 aliphatic rings. The summed E-state index contributed by atoms with van der Waals surface area (Å²) in [7, 11) is 0. The molecule has 2 aromatic rings. The first-order chi connectivity index (χ1) is 8.16. The van der Waals surface area contributed by atoms with Gasteiger partial charge < -0.3 is 11.1 Å². The van der Waals surface area contributed by atoms with E-state index >= 15 is 0 Å². The first-order valence-electron chi connectivity index (χ1n) is 4.93. The Kier molecular flexibility index (Phi) is 3.30. The summed E-state index contributed by atoms with van der Waals surface area (Å²) >= 11 is 4.94. The topological polar surface area (TPSA) is 50.9 Å². The second-order valence-electron chi connectivity index (χ2n) is 3.42. The molecular weight excluding hydrogens is 237 g/mol. The molecule has 3 nitrogen and oxygen atoms in total. The maximum absolute atomic E-state index is 12.8. The Balaban J connectivity index is 2.30. The number of halogens is 1. The Bertz CT molecular complexity index is 540. The van der Waals surface area contributed by atoms with Gasteiger partial charge in [0, 0.05) is 17.4 Å². The summed E-state index contributed by atoms with van der Waals surface area (Å²) in [5.74, 6) is -0.281. The molecule has 86 valence electrons. The van der Waals surface area contributed by atoms with Crippen molar-refractivity contribution in [1.82, 2.24) is 4.98 Å². The van der Waals surface area contributed by atoms with E-state index in [-0.39, 0.29) is 10.8 Å². The smallest absolute Gasteiger partial charge is 0.123 e. The van der Waals surface area contributed by atoms with Crippen LogP contribution in [0.2, 0.25) is 0 Å². The van der Waals surface area contributed by atoms with E-state index < -0.39 is 0 Å². The number of nitrogens with one attached hydrogen (secondary N) is 1. The highest BCUT2D eigenvalue weighted by molar-refractivity contribution is 7.80. The maximum atomic E-state index is 12.8. The van der Waals surface area contributed by atoms with Gasteiger partial charge >= 0.3 is 0 Å². The van der Waals surface area contributed by atoms with Crippen LogP contribution in [-0.4, -0.2) is 9.97 Å². The summed E-state index contributed by atoms with van der Waals surface area (Å²) in [6.45, 7) is 0. The van der Waals surface area contributed by atoms with E-state index in [0.717, 1.165) is 5.69 Å². The van der Waals surface area contributed by atoms with E-state index in [0.29, 0.717) is 11.3 Å². The number of thiocarbonyl (C=S) groups is 1. The van der Waals surface area contributed by atoms with Gasteiger partial charge in [0.15, 0.2) is 0 Å². The fourth-order valence-electron chi connectivity index (χ4n) is 1.40. The average molecular weight is 247 g/mol. The Labute approximate surface area is 103 Å². The third-order valence-electron chi connectivity index (χ3n) is 2.21. The lowest BCUT2D eigenvalue weighted by molar-refractivity contribution is 0.628. The number of rotatable bonds is 3. The SMILES string of the molecule is NC(=S)c1ccncc1Nc1ccc(F)cc1. The molecule has 0 fully saturated rings. The van der Waals surface area contributed by atoms with Gasteiger partial charge in [-0.2, -0.15) is 0 Å². The van der Waals surface area contributed by atoms with Gasteiger partial charge in [-0.1, -0.05) is 12.2 Å². The average Bonchev–Trinajstić information content (AvgIpc) is 2.32. The van der Waals surface area contributed by atoms with Crippen molar-refractivity contribution in [3.8, 4) is 0 Å². The van der Waals surface area contributed by atoms with Crippen molar-refractivity contribution in [2.24, 2.45) is 5.73 Å². The van der Waals surface area contributed by atoms with Gasteiger partial charge in [-0.3, -0.25) is 4.98 Å². The van der Waals surface area contributed by atoms with Crippen molar-refractivity contribution in [1.29, 1.82) is 0 Å². The first-order valence-corrected chi connectivity index (χ1v) is 5.34. The molecule has 1 aromatic carbocycles. The van der Waals surface area contributed by atoms with Crippen molar-refractivity contribution < 1.29 is 4.39 Å². The molecule has 0 saturated heterocycles. The second kappa shape index (κ2) is 4.88. The van der Waals surface area contributed by atoms with Crippen molar-refractivity contribution in [3.63, 3.8) is 0 Å². The van der Waals surface area contributed by atoms with Crippen molar-refractivity contribution in [2.45, 2.75) is 0 Å². The van der Waals surface area contributed by atoms with Gasteiger partial charge in [0.1, 0.15) is 10.8 Å². The van der Waals surface area contributed by atoms with Gasteiger partial charge in [0.05, 0.1) is 11.9 Å². The monoisotopic (exact) mass is 247 g/mol. The molecule has 0 saturated carbocycles. The highest BCUT2D eigenvalue weighted by atomic mass is 32.1. The summed E-state index contributed by atoms with van der Waals surface area (Å²) < 4.78 is 12.8. The minimum absolute atomic E-state index is 0.281. The zero-order chi connectivity index (χ0) is 12.3. The molecule has 2 rings (SSSR count). The molecule has 0 radical (unpaired) electrons. The molecule has 5 heteroatoms. The standard InChI is InChI=1S/C12H10FN3S/c13-8-1-3-9(4-2-8)16-11-7-15-6-5-10(11)12(14)17/h1-7,16H,(H2,14,17). The van der Waals surface area contributed by atoms with E-state index in [1.54, 1.807) is 30.6 Å². The number of aromatic nitrogens is 1. The van der Waals surface area contributed by atoms with Crippen LogP contribution in [0.25, 0.3) is 0 Å². The van der Waals surface area contributed by atoms with Crippen LogP contribution in [0.1, 0.15) is 5.56 Å². The summed E-state index contributed by atoms with van der Waals surface area (Å²) in [6.07, 6.45) is 3.24. The van der Waals surface area contributed by atoms with Crippen LogP contribution in [0, 0.1) is 5.82 Å². The van der Waals surface area contributed by atoms with Gasteiger partial charge in [0.2, 0.25) is 0 Å². The normalized spacial score (nSPS) is 9.94. The molecular formula is C12H10FN3S. The van der Waals surface area contributed by atoms with Gasteiger partial charge in [-0.25, -0.2) is 4.39 Å². The molecule has 0 unspecified atom stereocenters. The molecule has 0 bridgehead atoms. The predicted octanol–water partition coefficient (Wildman–Crippen LogP) is 2.60. The molecule has 0 aliphatic carbocycles. The van der Waals surface area contributed by atoms with Crippen LogP contribution < -0.4 is 11.1 Å². The van der Waals surface area contributed by atoms with Gasteiger partial charge in [-0.15, -0.1) is 0 Å². The van der Waals surface area contributed by atoms with Crippen LogP contribution in [0.3, 0.4) is 0 Å². The fourth-order valence-corrected chi connectivity index (χ4v) is 1.58. The Hall–Kier alpha value is -2.01. The van der Waals surface area contributed by atoms with Crippen LogP contribution in [0.4, 0.5) is 15.8 Å². The van der Waals surface area contributed by atoms with E-state index in [1.807, 2.05) is 0 Å². The van der Waals surface area contributed by atoms with Crippen LogP contribution in [0.15, 0.2) is 42.7 Å². The zero-order valence-electron chi connectivity index (χ0n) is 8.85. The third-order valence-corrected chi connectivity index (χ3v) is 2.43. The van der Waals surface area contributed by atoms with Crippen molar-refractivity contribution in [2.75, 3.05) is 5.32 Å². The zero-order valence-corrected chi connectivity index (χ0v) is 9.67. The molecule has 0 spiro atoms. The van der Waals surface area contributed by atoms with Crippen molar-refractivity contribution >= 4 is 28.6 Å².